The van der Waals surface area contributed by atoms with Crippen molar-refractivity contribution in [1.82, 2.24) is 0 Å². The number of rotatable bonds is 10. The van der Waals surface area contributed by atoms with Crippen molar-refractivity contribution in [3.8, 4) is 0 Å². The Morgan fingerprint density at radius 3 is 2.50 bits per heavy atom. The Morgan fingerprint density at radius 1 is 1.25 bits per heavy atom. The van der Waals surface area contributed by atoms with Crippen molar-refractivity contribution in [3.05, 3.63) is 0 Å². The van der Waals surface area contributed by atoms with Gasteiger partial charge in [-0.3, -0.25) is 0 Å². The van der Waals surface area contributed by atoms with Crippen molar-refractivity contribution in [3.63, 3.8) is 0 Å². The van der Waals surface area contributed by atoms with Gasteiger partial charge >= 0.3 is 6.16 Å². The third-order valence-corrected chi connectivity index (χ3v) is 3.57. The van der Waals surface area contributed by atoms with Gasteiger partial charge in [-0.1, -0.05) is 39.0 Å². The van der Waals surface area contributed by atoms with E-state index in [1.54, 1.807) is 11.8 Å². The first-order valence-electron chi connectivity index (χ1n) is 6.14. The second kappa shape index (κ2) is 11.1. The summed E-state index contributed by atoms with van der Waals surface area (Å²) in [6, 6.07) is 0. The minimum absolute atomic E-state index is 0.270. The third-order valence-electron chi connectivity index (χ3n) is 2.34. The molecule has 3 nitrogen and oxygen atoms in total. The highest BCUT2D eigenvalue weighted by atomic mass is 32.2. The lowest BCUT2D eigenvalue weighted by atomic mass is 10.1. The lowest BCUT2D eigenvalue weighted by Gasteiger charge is -2.09. The Balaban J connectivity index is 3.15. The molecule has 96 valence electrons. The zero-order chi connectivity index (χ0) is 12.2. The van der Waals surface area contributed by atoms with Gasteiger partial charge in [-0.15, -0.1) is 0 Å². The Bertz CT molecular complexity index is 174. The smallest absolute Gasteiger partial charge is 0.450 e. The zero-order valence-electron chi connectivity index (χ0n) is 10.4. The molecular formula is C12H24O3S. The number of ether oxygens (including phenoxy) is 1. The molecule has 0 rings (SSSR count). The van der Waals surface area contributed by atoms with E-state index < -0.39 is 6.16 Å². The van der Waals surface area contributed by atoms with Crippen molar-refractivity contribution >= 4 is 17.9 Å². The SMILES string of the molecule is CCCCCCCCSC(C)COC(=O)O. The van der Waals surface area contributed by atoms with Crippen LogP contribution in [0.5, 0.6) is 0 Å². The number of carbonyl (C=O) groups is 1. The average molecular weight is 248 g/mol. The van der Waals surface area contributed by atoms with E-state index in [9.17, 15) is 4.79 Å². The standard InChI is InChI=1S/C12H24O3S/c1-3-4-5-6-7-8-9-16-11(2)10-15-12(13)14/h11H,3-10H2,1-2H3,(H,13,14). The van der Waals surface area contributed by atoms with Crippen LogP contribution < -0.4 is 0 Å². The van der Waals surface area contributed by atoms with Crippen LogP contribution in [0.4, 0.5) is 4.79 Å². The van der Waals surface area contributed by atoms with Crippen molar-refractivity contribution in [2.75, 3.05) is 12.4 Å². The monoisotopic (exact) mass is 248 g/mol. The van der Waals surface area contributed by atoms with E-state index in [0.717, 1.165) is 5.75 Å². The molecule has 4 heteroatoms. The molecule has 0 aliphatic heterocycles. The van der Waals surface area contributed by atoms with Gasteiger partial charge in [0.1, 0.15) is 6.61 Å². The van der Waals surface area contributed by atoms with Gasteiger partial charge in [0, 0.05) is 5.25 Å². The second-order valence-corrected chi connectivity index (χ2v) is 5.57. The van der Waals surface area contributed by atoms with E-state index in [1.165, 1.54) is 38.5 Å². The molecule has 0 amide bonds. The van der Waals surface area contributed by atoms with Crippen LogP contribution in [-0.2, 0) is 4.74 Å². The summed E-state index contributed by atoms with van der Waals surface area (Å²) in [5.41, 5.74) is 0. The van der Waals surface area contributed by atoms with E-state index in [-0.39, 0.29) is 5.25 Å². The molecular weight excluding hydrogens is 224 g/mol. The number of hydrogen-bond donors (Lipinski definition) is 1. The van der Waals surface area contributed by atoms with E-state index in [4.69, 9.17) is 5.11 Å². The Labute approximate surface area is 103 Å². The van der Waals surface area contributed by atoms with E-state index in [1.807, 2.05) is 6.92 Å². The highest BCUT2D eigenvalue weighted by Gasteiger charge is 2.05. The molecule has 0 aromatic heterocycles. The van der Waals surface area contributed by atoms with Crippen molar-refractivity contribution < 1.29 is 14.6 Å². The van der Waals surface area contributed by atoms with Crippen LogP contribution in [0, 0.1) is 0 Å². The molecule has 0 radical (unpaired) electrons. The van der Waals surface area contributed by atoms with Crippen LogP contribution in [0.25, 0.3) is 0 Å². The lowest BCUT2D eigenvalue weighted by molar-refractivity contribution is 0.0929. The molecule has 1 atom stereocenters. The summed E-state index contributed by atoms with van der Waals surface area (Å²) in [6.45, 7) is 4.53. The van der Waals surface area contributed by atoms with E-state index in [2.05, 4.69) is 11.7 Å². The molecule has 0 bridgehead atoms. The summed E-state index contributed by atoms with van der Waals surface area (Å²) in [7, 11) is 0. The van der Waals surface area contributed by atoms with Crippen molar-refractivity contribution in [2.24, 2.45) is 0 Å². The molecule has 0 saturated carbocycles. The van der Waals surface area contributed by atoms with Gasteiger partial charge in [-0.2, -0.15) is 11.8 Å². The minimum atomic E-state index is -1.17. The fraction of sp³-hybridized carbons (Fsp3) is 0.917. The summed E-state index contributed by atoms with van der Waals surface area (Å²) in [4.78, 5) is 10.1. The van der Waals surface area contributed by atoms with Gasteiger partial charge < -0.3 is 9.84 Å². The Morgan fingerprint density at radius 2 is 1.88 bits per heavy atom. The number of unbranched alkanes of at least 4 members (excludes halogenated alkanes) is 5. The Hall–Kier alpha value is -0.380. The van der Waals surface area contributed by atoms with Gasteiger partial charge in [0.15, 0.2) is 0 Å². The van der Waals surface area contributed by atoms with Gasteiger partial charge in [-0.05, 0) is 19.1 Å². The van der Waals surface area contributed by atoms with Crippen molar-refractivity contribution in [1.29, 1.82) is 0 Å². The van der Waals surface area contributed by atoms with E-state index >= 15 is 0 Å². The molecule has 0 spiro atoms. The molecule has 0 aliphatic carbocycles. The van der Waals surface area contributed by atoms with Gasteiger partial charge in [0.2, 0.25) is 0 Å². The summed E-state index contributed by atoms with van der Waals surface area (Å²) < 4.78 is 4.51. The van der Waals surface area contributed by atoms with Crippen LogP contribution >= 0.6 is 11.8 Å². The minimum Gasteiger partial charge on any atom is -0.450 e. The molecule has 1 unspecified atom stereocenters. The maximum absolute atomic E-state index is 10.1. The molecule has 0 aromatic rings. The normalized spacial score (nSPS) is 12.4. The maximum atomic E-state index is 10.1. The molecule has 0 heterocycles. The third kappa shape index (κ3) is 11.7. The van der Waals surface area contributed by atoms with Gasteiger partial charge in [-0.25, -0.2) is 4.79 Å². The first-order valence-corrected chi connectivity index (χ1v) is 7.19. The quantitative estimate of drug-likeness (QED) is 0.466. The molecule has 0 saturated heterocycles. The lowest BCUT2D eigenvalue weighted by Crippen LogP contribution is -2.11. The fourth-order valence-electron chi connectivity index (χ4n) is 1.40. The maximum Gasteiger partial charge on any atom is 0.505 e. The predicted molar refractivity (Wildman–Crippen MR) is 69.3 cm³/mol. The highest BCUT2D eigenvalue weighted by molar-refractivity contribution is 7.99. The highest BCUT2D eigenvalue weighted by Crippen LogP contribution is 2.14. The Kier molecular flexibility index (Phi) is 10.9. The molecule has 1 N–H and O–H groups in total. The van der Waals surface area contributed by atoms with Crippen LogP contribution in [0.3, 0.4) is 0 Å². The van der Waals surface area contributed by atoms with Gasteiger partial charge in [0.25, 0.3) is 0 Å². The summed E-state index contributed by atoms with van der Waals surface area (Å²) in [5, 5.41) is 8.59. The van der Waals surface area contributed by atoms with E-state index in [0.29, 0.717) is 6.61 Å². The first-order chi connectivity index (χ1) is 7.66. The summed E-state index contributed by atoms with van der Waals surface area (Å²) >= 11 is 1.79. The number of carboxylic acid groups (broad SMARTS) is 1. The molecule has 0 fully saturated rings. The van der Waals surface area contributed by atoms with Crippen LogP contribution in [-0.4, -0.2) is 28.9 Å². The molecule has 0 aromatic carbocycles. The predicted octanol–water partition coefficient (Wildman–Crippen LogP) is 4.16. The van der Waals surface area contributed by atoms with Crippen molar-refractivity contribution in [2.45, 2.75) is 57.6 Å². The first kappa shape index (κ1) is 15.6. The molecule has 16 heavy (non-hydrogen) atoms. The number of thioether (sulfide) groups is 1. The second-order valence-electron chi connectivity index (χ2n) is 4.03. The van der Waals surface area contributed by atoms with Crippen LogP contribution in [0.15, 0.2) is 0 Å². The fourth-order valence-corrected chi connectivity index (χ4v) is 2.34. The topological polar surface area (TPSA) is 46.5 Å². The molecule has 0 aliphatic rings. The van der Waals surface area contributed by atoms with Gasteiger partial charge in [0.05, 0.1) is 0 Å². The number of hydrogen-bond acceptors (Lipinski definition) is 3. The summed E-state index contributed by atoms with van der Waals surface area (Å²) in [6.07, 6.45) is 6.65. The van der Waals surface area contributed by atoms with Crippen LogP contribution in [0.2, 0.25) is 0 Å². The zero-order valence-corrected chi connectivity index (χ0v) is 11.2. The largest absolute Gasteiger partial charge is 0.505 e. The van der Waals surface area contributed by atoms with Crippen LogP contribution in [0.1, 0.15) is 52.4 Å². The summed E-state index contributed by atoms with van der Waals surface area (Å²) in [5.74, 6) is 1.11. The average Bonchev–Trinajstić information content (AvgIpc) is 2.25.